The van der Waals surface area contributed by atoms with Crippen molar-refractivity contribution >= 4 is 5.97 Å². The van der Waals surface area contributed by atoms with E-state index >= 15 is 0 Å². The van der Waals surface area contributed by atoms with Crippen LogP contribution < -0.4 is 5.32 Å². The Balaban J connectivity index is 2.75. The molecule has 0 aliphatic rings. The monoisotopic (exact) mass is 213 g/mol. The lowest BCUT2D eigenvalue weighted by Crippen LogP contribution is -2.35. The number of carbonyl (C=O) groups is 1. The van der Waals surface area contributed by atoms with Crippen LogP contribution in [0.4, 0.5) is 0 Å². The zero-order chi connectivity index (χ0) is 12.0. The fraction of sp³-hybridized carbons (Fsp3) is 0.154. The van der Waals surface area contributed by atoms with Crippen LogP contribution in [0.25, 0.3) is 0 Å². The van der Waals surface area contributed by atoms with Crippen LogP contribution in [0.2, 0.25) is 0 Å². The van der Waals surface area contributed by atoms with E-state index in [0.717, 1.165) is 11.1 Å². The molecule has 0 radical (unpaired) electrons. The minimum atomic E-state index is -0.973. The fourth-order valence-electron chi connectivity index (χ4n) is 1.27. The van der Waals surface area contributed by atoms with Gasteiger partial charge in [0.05, 0.1) is 0 Å². The Kier molecular flexibility index (Phi) is 4.00. The molecule has 0 aromatic heterocycles. The van der Waals surface area contributed by atoms with E-state index in [2.05, 4.69) is 17.3 Å². The smallest absolute Gasteiger partial charge is 0.327 e. The Hall–Kier alpha value is -2.39. The lowest BCUT2D eigenvalue weighted by atomic mass is 10.0. The highest BCUT2D eigenvalue weighted by molar-refractivity contribution is 5.74. The van der Waals surface area contributed by atoms with Crippen molar-refractivity contribution in [2.24, 2.45) is 0 Å². The molecule has 0 fully saturated rings. The van der Waals surface area contributed by atoms with Gasteiger partial charge in [-0.15, -0.1) is 6.42 Å². The largest absolute Gasteiger partial charge is 0.480 e. The summed E-state index contributed by atoms with van der Waals surface area (Å²) in [5.41, 5.74) is 1.63. The van der Waals surface area contributed by atoms with Gasteiger partial charge >= 0.3 is 5.97 Å². The first-order chi connectivity index (χ1) is 7.67. The molecule has 0 saturated heterocycles. The van der Waals surface area contributed by atoms with Crippen LogP contribution in [-0.4, -0.2) is 17.1 Å². The molecule has 80 valence electrons. The molecule has 3 heteroatoms. The summed E-state index contributed by atoms with van der Waals surface area (Å²) in [7, 11) is 0. The predicted octanol–water partition coefficient (Wildman–Crippen LogP) is 0.844. The van der Waals surface area contributed by atoms with Gasteiger partial charge in [-0.25, -0.2) is 4.79 Å². The zero-order valence-corrected chi connectivity index (χ0v) is 8.60. The molecule has 3 nitrogen and oxygen atoms in total. The summed E-state index contributed by atoms with van der Waals surface area (Å²) in [6.07, 6.45) is 10.6. The van der Waals surface area contributed by atoms with Crippen molar-refractivity contribution in [3.8, 4) is 24.8 Å². The third-order valence-corrected chi connectivity index (χ3v) is 2.12. The standard InChI is InChI=1S/C13H11NO2/c1-3-10-5-7-11(8-6-10)9-12(13(15)16)14-4-2/h1-2,5-8,12,14H,9H2,(H,15,16)/t12-/m0/s1. The van der Waals surface area contributed by atoms with Crippen molar-refractivity contribution in [2.75, 3.05) is 0 Å². The average Bonchev–Trinajstić information content (AvgIpc) is 2.29. The first kappa shape index (κ1) is 11.7. The van der Waals surface area contributed by atoms with Gasteiger partial charge in [0.2, 0.25) is 0 Å². The summed E-state index contributed by atoms with van der Waals surface area (Å²) >= 11 is 0. The Morgan fingerprint density at radius 3 is 2.44 bits per heavy atom. The number of hydrogen-bond donors (Lipinski definition) is 2. The lowest BCUT2D eigenvalue weighted by molar-refractivity contribution is -0.139. The number of carboxylic acids is 1. The number of carboxylic acid groups (broad SMARTS) is 1. The summed E-state index contributed by atoms with van der Waals surface area (Å²) in [6, 6.07) is 8.48. The first-order valence-electron chi connectivity index (χ1n) is 4.67. The number of aliphatic carboxylic acids is 1. The van der Waals surface area contributed by atoms with Crippen LogP contribution in [-0.2, 0) is 11.2 Å². The van der Waals surface area contributed by atoms with Crippen molar-refractivity contribution in [1.29, 1.82) is 0 Å². The van der Waals surface area contributed by atoms with E-state index in [9.17, 15) is 4.79 Å². The fourth-order valence-corrected chi connectivity index (χ4v) is 1.27. The molecule has 1 atom stereocenters. The van der Waals surface area contributed by atoms with Crippen molar-refractivity contribution in [1.82, 2.24) is 5.32 Å². The van der Waals surface area contributed by atoms with E-state index in [4.69, 9.17) is 18.0 Å². The molecule has 0 bridgehead atoms. The van der Waals surface area contributed by atoms with Gasteiger partial charge in [0, 0.05) is 18.0 Å². The maximum Gasteiger partial charge on any atom is 0.327 e. The highest BCUT2D eigenvalue weighted by Crippen LogP contribution is 2.06. The van der Waals surface area contributed by atoms with Gasteiger partial charge in [-0.3, -0.25) is 0 Å². The van der Waals surface area contributed by atoms with Gasteiger partial charge in [0.25, 0.3) is 0 Å². The minimum absolute atomic E-state index is 0.324. The van der Waals surface area contributed by atoms with Gasteiger partial charge < -0.3 is 10.4 Å². The molecule has 0 heterocycles. The molecular weight excluding hydrogens is 202 g/mol. The van der Waals surface area contributed by atoms with Crippen molar-refractivity contribution in [3.63, 3.8) is 0 Å². The van der Waals surface area contributed by atoms with Gasteiger partial charge in [-0.1, -0.05) is 24.5 Å². The minimum Gasteiger partial charge on any atom is -0.480 e. The van der Waals surface area contributed by atoms with Crippen LogP contribution in [0, 0.1) is 24.8 Å². The molecule has 0 aliphatic heterocycles. The quantitative estimate of drug-likeness (QED) is 0.575. The molecule has 0 saturated carbocycles. The summed E-state index contributed by atoms with van der Waals surface area (Å²) < 4.78 is 0. The molecule has 2 N–H and O–H groups in total. The van der Waals surface area contributed by atoms with E-state index in [-0.39, 0.29) is 0 Å². The molecule has 0 aliphatic carbocycles. The number of hydrogen-bond acceptors (Lipinski definition) is 2. The second-order valence-electron chi connectivity index (χ2n) is 3.22. The zero-order valence-electron chi connectivity index (χ0n) is 8.60. The molecule has 0 amide bonds. The SMILES string of the molecule is C#CN[C@@H](Cc1ccc(C#C)cc1)C(=O)O. The van der Waals surface area contributed by atoms with Crippen LogP contribution >= 0.6 is 0 Å². The maximum absolute atomic E-state index is 10.8. The van der Waals surface area contributed by atoms with E-state index in [1.54, 1.807) is 24.3 Å². The molecule has 0 spiro atoms. The van der Waals surface area contributed by atoms with Crippen molar-refractivity contribution < 1.29 is 9.90 Å². The van der Waals surface area contributed by atoms with Gasteiger partial charge in [0.1, 0.15) is 6.04 Å². The van der Waals surface area contributed by atoms with Crippen LogP contribution in [0.15, 0.2) is 24.3 Å². The summed E-state index contributed by atoms with van der Waals surface area (Å²) in [4.78, 5) is 10.8. The first-order valence-corrected chi connectivity index (χ1v) is 4.67. The predicted molar refractivity (Wildman–Crippen MR) is 61.5 cm³/mol. The highest BCUT2D eigenvalue weighted by Gasteiger charge is 2.15. The van der Waals surface area contributed by atoms with Crippen LogP contribution in [0.1, 0.15) is 11.1 Å². The number of rotatable bonds is 4. The van der Waals surface area contributed by atoms with Gasteiger partial charge in [0.15, 0.2) is 0 Å². The van der Waals surface area contributed by atoms with Gasteiger partial charge in [-0.05, 0) is 17.7 Å². The van der Waals surface area contributed by atoms with Crippen molar-refractivity contribution in [3.05, 3.63) is 35.4 Å². The molecule has 0 unspecified atom stereocenters. The molecule has 16 heavy (non-hydrogen) atoms. The normalized spacial score (nSPS) is 10.9. The second-order valence-corrected chi connectivity index (χ2v) is 3.22. The van der Waals surface area contributed by atoms with E-state index in [1.165, 1.54) is 0 Å². The van der Waals surface area contributed by atoms with E-state index < -0.39 is 12.0 Å². The number of terminal acetylenes is 2. The molecule has 1 aromatic carbocycles. The van der Waals surface area contributed by atoms with E-state index in [1.807, 2.05) is 0 Å². The maximum atomic E-state index is 10.8. The Bertz CT molecular complexity index is 448. The second kappa shape index (κ2) is 5.48. The number of nitrogens with one attached hydrogen (secondary N) is 1. The molecular formula is C13H11NO2. The van der Waals surface area contributed by atoms with E-state index in [0.29, 0.717) is 6.42 Å². The lowest BCUT2D eigenvalue weighted by Gasteiger charge is -2.10. The average molecular weight is 213 g/mol. The topological polar surface area (TPSA) is 49.3 Å². The van der Waals surface area contributed by atoms with Gasteiger partial charge in [-0.2, -0.15) is 0 Å². The van der Waals surface area contributed by atoms with Crippen LogP contribution in [0.3, 0.4) is 0 Å². The summed E-state index contributed by atoms with van der Waals surface area (Å²) in [6.45, 7) is 0. The third kappa shape index (κ3) is 3.08. The van der Waals surface area contributed by atoms with Crippen LogP contribution in [0.5, 0.6) is 0 Å². The number of benzene rings is 1. The Morgan fingerprint density at radius 2 is 2.00 bits per heavy atom. The third-order valence-electron chi connectivity index (χ3n) is 2.12. The molecule has 1 rings (SSSR count). The Labute approximate surface area is 94.5 Å². The summed E-state index contributed by atoms with van der Waals surface area (Å²) in [5.74, 6) is 1.52. The molecule has 1 aromatic rings. The highest BCUT2D eigenvalue weighted by atomic mass is 16.4. The van der Waals surface area contributed by atoms with Crippen molar-refractivity contribution in [2.45, 2.75) is 12.5 Å². The Morgan fingerprint density at radius 1 is 1.38 bits per heavy atom. The summed E-state index contributed by atoms with van der Waals surface area (Å²) in [5, 5.41) is 11.3.